The molecular weight excluding hydrogens is 351 g/mol. The van der Waals surface area contributed by atoms with Crippen molar-refractivity contribution in [2.45, 2.75) is 20.4 Å². The van der Waals surface area contributed by atoms with Gasteiger partial charge in [-0.2, -0.15) is 0 Å². The Morgan fingerprint density at radius 1 is 1.19 bits per heavy atom. The van der Waals surface area contributed by atoms with Gasteiger partial charge >= 0.3 is 6.03 Å². The summed E-state index contributed by atoms with van der Waals surface area (Å²) in [5.74, 6) is 0.512. The zero-order valence-electron chi connectivity index (χ0n) is 16.4. The molecule has 2 rings (SSSR count). The smallest absolute Gasteiger partial charge is 0.321 e. The zero-order valence-corrected chi connectivity index (χ0v) is 16.4. The summed E-state index contributed by atoms with van der Waals surface area (Å²) in [7, 11) is 1.59. The third-order valence-electron chi connectivity index (χ3n) is 4.68. The number of quaternary nitrogens is 2. The quantitative estimate of drug-likeness (QED) is 0.469. The van der Waals surface area contributed by atoms with Crippen LogP contribution < -0.4 is 25.2 Å². The zero-order chi connectivity index (χ0) is 19.8. The van der Waals surface area contributed by atoms with Crippen molar-refractivity contribution in [3.8, 4) is 5.75 Å². The van der Waals surface area contributed by atoms with Gasteiger partial charge in [0.25, 0.3) is 5.91 Å². The molecule has 1 heterocycles. The average Bonchev–Trinajstić information content (AvgIpc) is 2.62. The van der Waals surface area contributed by atoms with Crippen LogP contribution in [0.4, 0.5) is 9.18 Å². The highest BCUT2D eigenvalue weighted by molar-refractivity contribution is 5.94. The van der Waals surface area contributed by atoms with Crippen LogP contribution in [0.15, 0.2) is 18.2 Å². The molecule has 27 heavy (non-hydrogen) atoms. The molecule has 1 aromatic rings. The number of urea groups is 1. The van der Waals surface area contributed by atoms with Crippen molar-refractivity contribution in [1.29, 1.82) is 0 Å². The summed E-state index contributed by atoms with van der Waals surface area (Å²) in [5, 5.41) is 5.05. The molecule has 1 aliphatic heterocycles. The summed E-state index contributed by atoms with van der Waals surface area (Å²) >= 11 is 0. The summed E-state index contributed by atoms with van der Waals surface area (Å²) in [6.45, 7) is 8.91. The van der Waals surface area contributed by atoms with E-state index in [1.54, 1.807) is 13.2 Å². The van der Waals surface area contributed by atoms with Gasteiger partial charge in [-0.3, -0.25) is 10.1 Å². The number of hydrogen-bond donors (Lipinski definition) is 4. The van der Waals surface area contributed by atoms with Gasteiger partial charge in [0, 0.05) is 6.54 Å². The summed E-state index contributed by atoms with van der Waals surface area (Å²) in [5.41, 5.74) is 0.857. The van der Waals surface area contributed by atoms with Crippen LogP contribution >= 0.6 is 0 Å². The Morgan fingerprint density at radius 3 is 2.48 bits per heavy atom. The van der Waals surface area contributed by atoms with Gasteiger partial charge in [0.15, 0.2) is 6.54 Å². The summed E-state index contributed by atoms with van der Waals surface area (Å²) < 4.78 is 18.8. The van der Waals surface area contributed by atoms with E-state index in [0.29, 0.717) is 24.8 Å². The van der Waals surface area contributed by atoms with Gasteiger partial charge in [-0.05, 0) is 24.1 Å². The van der Waals surface area contributed by atoms with Gasteiger partial charge in [-0.25, -0.2) is 9.18 Å². The predicted octanol–water partition coefficient (Wildman–Crippen LogP) is -1.40. The molecule has 8 heteroatoms. The number of halogens is 1. The summed E-state index contributed by atoms with van der Waals surface area (Å²) in [6, 6.07) is 4.14. The van der Waals surface area contributed by atoms with E-state index in [9.17, 15) is 14.0 Å². The lowest BCUT2D eigenvalue weighted by molar-refractivity contribution is -1.02. The second kappa shape index (κ2) is 10.2. The number of imide groups is 1. The molecule has 0 spiro atoms. The second-order valence-electron chi connectivity index (χ2n) is 7.46. The third kappa shape index (κ3) is 7.15. The molecule has 150 valence electrons. The number of piperazine rings is 1. The molecule has 1 saturated heterocycles. The first-order valence-electron chi connectivity index (χ1n) is 9.44. The fraction of sp³-hybridized carbons (Fsp3) is 0.579. The Kier molecular flexibility index (Phi) is 7.99. The van der Waals surface area contributed by atoms with Crippen LogP contribution in [-0.2, 0) is 11.3 Å². The molecule has 0 aliphatic carbocycles. The maximum Gasteiger partial charge on any atom is 0.321 e. The minimum atomic E-state index is -0.435. The summed E-state index contributed by atoms with van der Waals surface area (Å²) in [6.07, 6.45) is 0. The minimum absolute atomic E-state index is 0.262. The highest BCUT2D eigenvalue weighted by Crippen LogP contribution is 2.18. The Bertz CT molecular complexity index is 646. The van der Waals surface area contributed by atoms with Gasteiger partial charge in [0.2, 0.25) is 0 Å². The molecule has 0 aromatic heterocycles. The lowest BCUT2D eigenvalue weighted by atomic mass is 10.1. The van der Waals surface area contributed by atoms with Gasteiger partial charge in [-0.1, -0.05) is 13.8 Å². The fourth-order valence-corrected chi connectivity index (χ4v) is 3.20. The van der Waals surface area contributed by atoms with Gasteiger partial charge < -0.3 is 19.9 Å². The predicted molar refractivity (Wildman–Crippen MR) is 99.3 cm³/mol. The van der Waals surface area contributed by atoms with E-state index in [0.717, 1.165) is 36.6 Å². The van der Waals surface area contributed by atoms with Crippen molar-refractivity contribution in [2.75, 3.05) is 46.4 Å². The maximum absolute atomic E-state index is 13.5. The Balaban J connectivity index is 1.74. The van der Waals surface area contributed by atoms with E-state index >= 15 is 0 Å². The number of nitrogens with one attached hydrogen (secondary N) is 4. The van der Waals surface area contributed by atoms with Crippen molar-refractivity contribution in [1.82, 2.24) is 10.6 Å². The number of ether oxygens (including phenoxy) is 1. The van der Waals surface area contributed by atoms with Gasteiger partial charge in [0.05, 0.1) is 12.7 Å². The monoisotopic (exact) mass is 382 g/mol. The highest BCUT2D eigenvalue weighted by Gasteiger charge is 2.26. The number of methoxy groups -OCH3 is 1. The van der Waals surface area contributed by atoms with E-state index in [2.05, 4.69) is 10.6 Å². The number of carbonyl (C=O) groups is 2. The third-order valence-corrected chi connectivity index (χ3v) is 4.68. The number of rotatable bonds is 7. The van der Waals surface area contributed by atoms with Crippen molar-refractivity contribution in [2.24, 2.45) is 5.92 Å². The largest absolute Gasteiger partial charge is 0.496 e. The van der Waals surface area contributed by atoms with Crippen LogP contribution in [0.5, 0.6) is 5.75 Å². The number of carbonyl (C=O) groups excluding carboxylic acids is 2. The molecule has 0 unspecified atom stereocenters. The number of benzene rings is 1. The Hall–Kier alpha value is -2.19. The van der Waals surface area contributed by atoms with Crippen molar-refractivity contribution < 1.29 is 28.5 Å². The second-order valence-corrected chi connectivity index (χ2v) is 7.46. The molecule has 1 aliphatic rings. The fourth-order valence-electron chi connectivity index (χ4n) is 3.20. The van der Waals surface area contributed by atoms with Crippen LogP contribution in [0.2, 0.25) is 0 Å². The molecule has 1 aromatic carbocycles. The molecule has 0 radical (unpaired) electrons. The van der Waals surface area contributed by atoms with Crippen LogP contribution in [0.3, 0.4) is 0 Å². The number of hydrogen-bond acceptors (Lipinski definition) is 3. The van der Waals surface area contributed by atoms with Gasteiger partial charge in [-0.15, -0.1) is 0 Å². The van der Waals surface area contributed by atoms with Crippen LogP contribution in [0.1, 0.15) is 19.4 Å². The lowest BCUT2D eigenvalue weighted by Gasteiger charge is -2.29. The molecule has 0 atom stereocenters. The standard InChI is InChI=1S/C19H29FN4O3/c1-14(2)11-21-19(26)22-18(25)13-24-8-6-23(7-9-24)12-15-10-16(20)4-5-17(15)27-3/h4-5,10,14H,6-9,11-13H2,1-3H3,(H2,21,22,25,26)/p+2. The van der Waals surface area contributed by atoms with Crippen LogP contribution in [-0.4, -0.2) is 58.3 Å². The van der Waals surface area contributed by atoms with Crippen LogP contribution in [0, 0.1) is 11.7 Å². The van der Waals surface area contributed by atoms with Crippen molar-refractivity contribution in [3.05, 3.63) is 29.6 Å². The van der Waals surface area contributed by atoms with Gasteiger partial charge in [0.1, 0.15) is 44.3 Å². The van der Waals surface area contributed by atoms with E-state index < -0.39 is 6.03 Å². The lowest BCUT2D eigenvalue weighted by Crippen LogP contribution is -3.28. The van der Waals surface area contributed by atoms with Crippen LogP contribution in [0.25, 0.3) is 0 Å². The van der Waals surface area contributed by atoms with Crippen molar-refractivity contribution >= 4 is 11.9 Å². The van der Waals surface area contributed by atoms with Crippen molar-refractivity contribution in [3.63, 3.8) is 0 Å². The molecule has 0 saturated carbocycles. The first kappa shape index (κ1) is 21.1. The molecule has 1 fully saturated rings. The first-order valence-corrected chi connectivity index (χ1v) is 9.44. The van der Waals surface area contributed by atoms with E-state index in [1.807, 2.05) is 13.8 Å². The Labute approximate surface area is 159 Å². The van der Waals surface area contributed by atoms with E-state index in [-0.39, 0.29) is 18.3 Å². The normalized spacial score (nSPS) is 19.6. The Morgan fingerprint density at radius 2 is 1.85 bits per heavy atom. The number of amides is 3. The summed E-state index contributed by atoms with van der Waals surface area (Å²) in [4.78, 5) is 26.1. The molecule has 0 bridgehead atoms. The maximum atomic E-state index is 13.5. The topological polar surface area (TPSA) is 76.3 Å². The first-order chi connectivity index (χ1) is 12.9. The SMILES string of the molecule is COc1ccc(F)cc1C[NH+]1CC[NH+](CC(=O)NC(=O)NCC(C)C)CC1. The highest BCUT2D eigenvalue weighted by atomic mass is 19.1. The molecular formula is C19H31FN4O3+2. The van der Waals surface area contributed by atoms with E-state index in [1.165, 1.54) is 17.0 Å². The van der Waals surface area contributed by atoms with E-state index in [4.69, 9.17) is 4.74 Å². The molecule has 3 amide bonds. The average molecular weight is 382 g/mol. The minimum Gasteiger partial charge on any atom is -0.496 e. The molecule has 7 nitrogen and oxygen atoms in total. The molecule has 4 N–H and O–H groups in total.